The molecular weight excluding hydrogens is 434 g/mol. The average Bonchev–Trinajstić information content (AvgIpc) is 3.40. The molecule has 1 fully saturated rings. The SMILES string of the molecule is COCCN(CC(=O)N1N=C(c2cccs2)C[C@@H]1c1ccc(Cl)cc1)C(=O)C1CCC1. The van der Waals surface area contributed by atoms with E-state index >= 15 is 0 Å². The van der Waals surface area contributed by atoms with Gasteiger partial charge in [0.05, 0.1) is 23.2 Å². The van der Waals surface area contributed by atoms with Gasteiger partial charge in [-0.1, -0.05) is 36.2 Å². The minimum atomic E-state index is -0.218. The van der Waals surface area contributed by atoms with Gasteiger partial charge in [0.25, 0.3) is 5.91 Å². The quantitative estimate of drug-likeness (QED) is 0.589. The molecule has 2 heterocycles. The van der Waals surface area contributed by atoms with E-state index in [1.807, 2.05) is 41.8 Å². The number of ether oxygens (including phenoxy) is 1. The van der Waals surface area contributed by atoms with E-state index in [0.717, 1.165) is 35.4 Å². The lowest BCUT2D eigenvalue weighted by Crippen LogP contribution is -2.46. The van der Waals surface area contributed by atoms with Crippen molar-refractivity contribution in [3.63, 3.8) is 0 Å². The summed E-state index contributed by atoms with van der Waals surface area (Å²) in [5, 5.41) is 8.89. The molecule has 2 aromatic rings. The Hall–Kier alpha value is -2.22. The molecule has 164 valence electrons. The fraction of sp³-hybridized carbons (Fsp3) is 0.435. The van der Waals surface area contributed by atoms with E-state index in [-0.39, 0.29) is 30.3 Å². The van der Waals surface area contributed by atoms with Gasteiger partial charge in [0.15, 0.2) is 0 Å². The van der Waals surface area contributed by atoms with Crippen LogP contribution in [0, 0.1) is 5.92 Å². The highest BCUT2D eigenvalue weighted by molar-refractivity contribution is 7.12. The van der Waals surface area contributed by atoms with Crippen LogP contribution in [0.1, 0.15) is 42.2 Å². The summed E-state index contributed by atoms with van der Waals surface area (Å²) in [6.45, 7) is 0.804. The van der Waals surface area contributed by atoms with Gasteiger partial charge in [-0.05, 0) is 42.0 Å². The number of nitrogens with zero attached hydrogens (tertiary/aromatic N) is 3. The van der Waals surface area contributed by atoms with Crippen LogP contribution in [-0.2, 0) is 14.3 Å². The first-order valence-electron chi connectivity index (χ1n) is 10.5. The number of benzene rings is 1. The fourth-order valence-corrected chi connectivity index (χ4v) is 4.74. The Kier molecular flexibility index (Phi) is 7.05. The second-order valence-electron chi connectivity index (χ2n) is 7.91. The van der Waals surface area contributed by atoms with Crippen molar-refractivity contribution in [2.24, 2.45) is 11.0 Å². The second kappa shape index (κ2) is 9.94. The Balaban J connectivity index is 1.56. The summed E-state index contributed by atoms with van der Waals surface area (Å²) in [7, 11) is 1.60. The molecule has 1 aliphatic carbocycles. The van der Waals surface area contributed by atoms with E-state index in [1.54, 1.807) is 28.4 Å². The third-order valence-electron chi connectivity index (χ3n) is 5.88. The Morgan fingerprint density at radius 1 is 1.26 bits per heavy atom. The molecule has 8 heteroatoms. The highest BCUT2D eigenvalue weighted by atomic mass is 35.5. The lowest BCUT2D eigenvalue weighted by molar-refractivity contribution is -0.146. The molecule has 0 N–H and O–H groups in total. The number of halogens is 1. The zero-order chi connectivity index (χ0) is 21.8. The van der Waals surface area contributed by atoms with Crippen LogP contribution >= 0.6 is 22.9 Å². The zero-order valence-electron chi connectivity index (χ0n) is 17.5. The molecule has 0 unspecified atom stereocenters. The van der Waals surface area contributed by atoms with Gasteiger partial charge in [-0.2, -0.15) is 5.10 Å². The Bertz CT molecular complexity index is 941. The number of hydrogen-bond acceptors (Lipinski definition) is 5. The summed E-state index contributed by atoms with van der Waals surface area (Å²) in [6, 6.07) is 11.3. The lowest BCUT2D eigenvalue weighted by Gasteiger charge is -2.32. The molecule has 1 atom stereocenters. The number of carbonyl (C=O) groups is 2. The van der Waals surface area contributed by atoms with Gasteiger partial charge < -0.3 is 9.64 Å². The van der Waals surface area contributed by atoms with Gasteiger partial charge in [0, 0.05) is 31.0 Å². The predicted octanol–water partition coefficient (Wildman–Crippen LogP) is 4.35. The Labute approximate surface area is 191 Å². The molecule has 1 aromatic heterocycles. The largest absolute Gasteiger partial charge is 0.383 e. The van der Waals surface area contributed by atoms with Crippen LogP contribution in [0.15, 0.2) is 46.9 Å². The summed E-state index contributed by atoms with van der Waals surface area (Å²) in [6.07, 6.45) is 3.49. The number of rotatable bonds is 8. The molecule has 1 saturated carbocycles. The first-order chi connectivity index (χ1) is 15.1. The smallest absolute Gasteiger partial charge is 0.262 e. The van der Waals surface area contributed by atoms with E-state index < -0.39 is 0 Å². The molecule has 4 rings (SSSR count). The number of hydrazone groups is 1. The molecule has 2 aliphatic rings. The van der Waals surface area contributed by atoms with E-state index in [4.69, 9.17) is 21.4 Å². The van der Waals surface area contributed by atoms with Crippen LogP contribution in [-0.4, -0.2) is 54.2 Å². The highest BCUT2D eigenvalue weighted by Gasteiger charge is 2.36. The average molecular weight is 460 g/mol. The molecule has 0 spiro atoms. The maximum atomic E-state index is 13.4. The van der Waals surface area contributed by atoms with Crippen molar-refractivity contribution >= 4 is 40.5 Å². The molecule has 6 nitrogen and oxygen atoms in total. The summed E-state index contributed by atoms with van der Waals surface area (Å²) in [5.74, 6) is -0.114. The molecule has 2 amide bonds. The zero-order valence-corrected chi connectivity index (χ0v) is 19.1. The van der Waals surface area contributed by atoms with E-state index in [9.17, 15) is 9.59 Å². The van der Waals surface area contributed by atoms with Crippen LogP contribution in [0.3, 0.4) is 0 Å². The Morgan fingerprint density at radius 3 is 2.65 bits per heavy atom. The first-order valence-corrected chi connectivity index (χ1v) is 11.8. The van der Waals surface area contributed by atoms with Crippen molar-refractivity contribution in [3.05, 3.63) is 57.2 Å². The van der Waals surface area contributed by atoms with Crippen LogP contribution in [0.25, 0.3) is 0 Å². The maximum Gasteiger partial charge on any atom is 0.262 e. The second-order valence-corrected chi connectivity index (χ2v) is 9.30. The van der Waals surface area contributed by atoms with E-state index in [2.05, 4.69) is 0 Å². The van der Waals surface area contributed by atoms with Crippen molar-refractivity contribution in [1.82, 2.24) is 9.91 Å². The van der Waals surface area contributed by atoms with Gasteiger partial charge in [0.1, 0.15) is 6.54 Å². The van der Waals surface area contributed by atoms with Crippen LogP contribution in [0.4, 0.5) is 0 Å². The van der Waals surface area contributed by atoms with Crippen molar-refractivity contribution in [2.45, 2.75) is 31.7 Å². The minimum absolute atomic E-state index is 0.00397. The van der Waals surface area contributed by atoms with Gasteiger partial charge in [-0.3, -0.25) is 9.59 Å². The summed E-state index contributed by atoms with van der Waals surface area (Å²) in [5.41, 5.74) is 1.86. The maximum absolute atomic E-state index is 13.4. The molecular formula is C23H26ClN3O3S. The van der Waals surface area contributed by atoms with E-state index in [1.165, 1.54) is 0 Å². The number of methoxy groups -OCH3 is 1. The summed E-state index contributed by atoms with van der Waals surface area (Å²) < 4.78 is 5.17. The number of carbonyl (C=O) groups excluding carboxylic acids is 2. The van der Waals surface area contributed by atoms with E-state index in [0.29, 0.717) is 24.6 Å². The van der Waals surface area contributed by atoms with Gasteiger partial charge in [-0.25, -0.2) is 5.01 Å². The van der Waals surface area contributed by atoms with Gasteiger partial charge in [0.2, 0.25) is 5.91 Å². The number of hydrogen-bond donors (Lipinski definition) is 0. The van der Waals surface area contributed by atoms with Crippen molar-refractivity contribution in [2.75, 3.05) is 26.8 Å². The van der Waals surface area contributed by atoms with Crippen LogP contribution in [0.5, 0.6) is 0 Å². The third-order valence-corrected chi connectivity index (χ3v) is 7.05. The minimum Gasteiger partial charge on any atom is -0.383 e. The summed E-state index contributed by atoms with van der Waals surface area (Å²) in [4.78, 5) is 28.9. The van der Waals surface area contributed by atoms with Crippen molar-refractivity contribution < 1.29 is 14.3 Å². The molecule has 31 heavy (non-hydrogen) atoms. The number of amides is 2. The van der Waals surface area contributed by atoms with Gasteiger partial charge in [-0.15, -0.1) is 11.3 Å². The Morgan fingerprint density at radius 2 is 2.03 bits per heavy atom. The topological polar surface area (TPSA) is 62.2 Å². The van der Waals surface area contributed by atoms with Crippen molar-refractivity contribution in [3.8, 4) is 0 Å². The fourth-order valence-electron chi connectivity index (χ4n) is 3.89. The van der Waals surface area contributed by atoms with Crippen molar-refractivity contribution in [1.29, 1.82) is 0 Å². The third kappa shape index (κ3) is 5.00. The molecule has 0 bridgehead atoms. The van der Waals surface area contributed by atoms with Gasteiger partial charge >= 0.3 is 0 Å². The van der Waals surface area contributed by atoms with Crippen LogP contribution < -0.4 is 0 Å². The predicted molar refractivity (Wildman–Crippen MR) is 122 cm³/mol. The lowest BCUT2D eigenvalue weighted by atomic mass is 9.84. The first kappa shape index (κ1) is 22.0. The normalized spacial score (nSPS) is 18.6. The monoisotopic (exact) mass is 459 g/mol. The standard InChI is InChI=1S/C23H26ClN3O3S/c1-30-12-11-26(23(29)17-4-2-5-17)15-22(28)27-20(16-7-9-18(24)10-8-16)14-19(25-27)21-6-3-13-31-21/h3,6-10,13,17,20H,2,4-5,11-12,14-15H2,1H3/t20-/m1/s1. The molecule has 0 saturated heterocycles. The summed E-state index contributed by atoms with van der Waals surface area (Å²) >= 11 is 7.67. The number of thiophene rings is 1. The van der Waals surface area contributed by atoms with Crippen LogP contribution in [0.2, 0.25) is 5.02 Å². The highest BCUT2D eigenvalue weighted by Crippen LogP contribution is 2.35. The molecule has 1 aliphatic heterocycles. The molecule has 0 radical (unpaired) electrons. The molecule has 1 aromatic carbocycles.